The van der Waals surface area contributed by atoms with Gasteiger partial charge in [0.1, 0.15) is 12.1 Å². The Morgan fingerprint density at radius 1 is 0.507 bits per heavy atom. The molecule has 0 spiro atoms. The zero-order valence-electron chi connectivity index (χ0n) is 44.6. The maximum Gasteiger partial charge on any atom is 0.253 e. The van der Waals surface area contributed by atoms with Crippen LogP contribution in [0.4, 0.5) is 0 Å². The van der Waals surface area contributed by atoms with E-state index in [0.29, 0.717) is 69.7 Å². The van der Waals surface area contributed by atoms with Crippen molar-refractivity contribution in [1.82, 2.24) is 35.6 Å². The first-order valence-electron chi connectivity index (χ1n) is 28.3. The van der Waals surface area contributed by atoms with Gasteiger partial charge in [-0.05, 0) is 130 Å². The van der Waals surface area contributed by atoms with Crippen molar-refractivity contribution in [2.45, 2.75) is 140 Å². The molecule has 13 nitrogen and oxygen atoms in total. The lowest BCUT2D eigenvalue weighted by atomic mass is 9.83. The summed E-state index contributed by atoms with van der Waals surface area (Å²) in [6.45, 7) is 4.96. The fourth-order valence-corrected chi connectivity index (χ4v) is 12.2. The number of carbonyl (C=O) groups excluding carboxylic acids is 6. The summed E-state index contributed by atoms with van der Waals surface area (Å²) < 4.78 is 0. The molecule has 400 valence electrons. The van der Waals surface area contributed by atoms with Crippen LogP contribution in [0.3, 0.4) is 0 Å². The van der Waals surface area contributed by atoms with E-state index in [2.05, 4.69) is 40.2 Å². The third-order valence-corrected chi connectivity index (χ3v) is 16.4. The number of likely N-dealkylation sites (N-methyl/N-ethyl adjacent to an activating group) is 1. The minimum atomic E-state index is -0.579. The van der Waals surface area contributed by atoms with E-state index < -0.39 is 12.1 Å². The lowest BCUT2D eigenvalue weighted by Crippen LogP contribution is -2.56. The van der Waals surface area contributed by atoms with Crippen molar-refractivity contribution in [3.05, 3.63) is 131 Å². The molecule has 3 N–H and O–H groups in total. The Hall–Kier alpha value is -6.34. The van der Waals surface area contributed by atoms with Crippen molar-refractivity contribution in [3.63, 3.8) is 0 Å². The Morgan fingerprint density at radius 3 is 1.29 bits per heavy atom. The summed E-state index contributed by atoms with van der Waals surface area (Å²) in [7, 11) is 1.73. The van der Waals surface area contributed by atoms with E-state index in [1.54, 1.807) is 7.05 Å². The van der Waals surface area contributed by atoms with Crippen LogP contribution in [0.15, 0.2) is 109 Å². The van der Waals surface area contributed by atoms with Crippen molar-refractivity contribution in [3.8, 4) is 11.1 Å². The van der Waals surface area contributed by atoms with Gasteiger partial charge in [-0.3, -0.25) is 28.8 Å². The molecule has 4 atom stereocenters. The van der Waals surface area contributed by atoms with Gasteiger partial charge in [-0.15, -0.1) is 0 Å². The molecule has 2 saturated heterocycles. The highest BCUT2D eigenvalue weighted by Crippen LogP contribution is 2.32. The number of nitrogens with zero attached hydrogens (tertiary/aromatic N) is 4. The maximum atomic E-state index is 14.6. The molecule has 2 heterocycles. The van der Waals surface area contributed by atoms with Crippen LogP contribution >= 0.6 is 0 Å². The maximum absolute atomic E-state index is 14.6. The summed E-state index contributed by atoms with van der Waals surface area (Å²) in [6.07, 6.45) is 15.1. The van der Waals surface area contributed by atoms with Crippen molar-refractivity contribution >= 4 is 35.4 Å². The molecule has 4 aliphatic rings. The topological polar surface area (TPSA) is 151 Å². The van der Waals surface area contributed by atoms with Gasteiger partial charge in [0.15, 0.2) is 0 Å². The fraction of sp³-hybridized carbons (Fsp3) is 0.516. The predicted molar refractivity (Wildman–Crippen MR) is 295 cm³/mol. The number of rotatable bonds is 22. The Labute approximate surface area is 445 Å². The molecule has 4 unspecified atom stereocenters. The fourth-order valence-electron chi connectivity index (χ4n) is 12.2. The molecule has 13 heteroatoms. The van der Waals surface area contributed by atoms with Gasteiger partial charge in [0.05, 0.1) is 6.54 Å². The molecular formula is C62H81N7O6. The van der Waals surface area contributed by atoms with Gasteiger partial charge in [-0.1, -0.05) is 130 Å². The monoisotopic (exact) mass is 1020 g/mol. The molecule has 75 heavy (non-hydrogen) atoms. The zero-order chi connectivity index (χ0) is 52.5. The summed E-state index contributed by atoms with van der Waals surface area (Å²) in [5, 5.41) is 9.13. The van der Waals surface area contributed by atoms with E-state index in [1.165, 1.54) is 0 Å². The Kier molecular flexibility index (Phi) is 20.1. The van der Waals surface area contributed by atoms with Crippen LogP contribution in [-0.4, -0.2) is 132 Å². The molecule has 2 aliphatic carbocycles. The zero-order valence-corrected chi connectivity index (χ0v) is 44.6. The predicted octanol–water partition coefficient (Wildman–Crippen LogP) is 8.47. The lowest BCUT2D eigenvalue weighted by Gasteiger charge is -2.36. The third-order valence-electron chi connectivity index (χ3n) is 16.4. The van der Waals surface area contributed by atoms with E-state index in [9.17, 15) is 28.8 Å². The van der Waals surface area contributed by atoms with Crippen LogP contribution in [-0.2, 0) is 32.0 Å². The summed E-state index contributed by atoms with van der Waals surface area (Å²) in [5.41, 5.74) is 5.19. The lowest BCUT2D eigenvalue weighted by molar-refractivity contribution is -0.139. The number of carbonyl (C=O) groups is 6. The SMILES string of the molecule is CCC(=O)NC(C(=O)N1CCCC1CN(CCc1ccccc1)C(=O)c1ccc(-c2ccc(C(=O)N(CCc3ccccc3)CC3CCCN3C(=O)C(NC(=O)CNC)C3CCCCC3)cc2)cc1)C1CCCCC1. The van der Waals surface area contributed by atoms with E-state index in [4.69, 9.17) is 0 Å². The Bertz CT molecular complexity index is 2490. The second kappa shape index (κ2) is 27.4. The third kappa shape index (κ3) is 14.7. The van der Waals surface area contributed by atoms with Crippen molar-refractivity contribution in [2.75, 3.05) is 52.9 Å². The van der Waals surface area contributed by atoms with Gasteiger partial charge in [-0.2, -0.15) is 0 Å². The van der Waals surface area contributed by atoms with Crippen LogP contribution < -0.4 is 16.0 Å². The molecule has 2 aliphatic heterocycles. The number of likely N-dealkylation sites (tertiary alicyclic amines) is 2. The normalized spacial score (nSPS) is 19.0. The summed E-state index contributed by atoms with van der Waals surface area (Å²) in [6, 6.07) is 34.2. The highest BCUT2D eigenvalue weighted by molar-refractivity contribution is 5.96. The van der Waals surface area contributed by atoms with Crippen molar-refractivity contribution in [1.29, 1.82) is 0 Å². The Morgan fingerprint density at radius 2 is 0.907 bits per heavy atom. The molecule has 4 aromatic rings. The number of amides is 6. The standard InChI is InChI=1S/C62H81N7O6/c1-3-55(70)64-57(49-22-12-6-13-23-49)61(74)68-38-16-26-53(68)43-66(40-36-45-18-8-4-9-19-45)59(72)51-32-28-47(29-33-51)48-30-34-52(35-31-48)60(73)67(41-37-46-20-10-5-11-21-46)44-54-27-17-39-69(54)62(75)58(65-56(71)42-63-2)50-24-14-7-15-25-50/h4-5,8-11,18-21,28-35,49-50,53-54,57-58,63H,3,6-7,12-17,22-27,36-44H2,1-2H3,(H,64,70)(H,65,71). The summed E-state index contributed by atoms with van der Waals surface area (Å²) in [5.74, 6) is -0.313. The van der Waals surface area contributed by atoms with Crippen LogP contribution in [0.1, 0.15) is 135 Å². The van der Waals surface area contributed by atoms with Gasteiger partial charge >= 0.3 is 0 Å². The van der Waals surface area contributed by atoms with Crippen LogP contribution in [0.5, 0.6) is 0 Å². The molecule has 4 fully saturated rings. The van der Waals surface area contributed by atoms with Crippen LogP contribution in [0.25, 0.3) is 11.1 Å². The number of benzene rings is 4. The van der Waals surface area contributed by atoms with E-state index >= 15 is 0 Å². The van der Waals surface area contributed by atoms with Crippen LogP contribution in [0.2, 0.25) is 0 Å². The van der Waals surface area contributed by atoms with Crippen molar-refractivity contribution in [2.24, 2.45) is 11.8 Å². The molecule has 0 bridgehead atoms. The van der Waals surface area contributed by atoms with Crippen molar-refractivity contribution < 1.29 is 28.8 Å². The second-order valence-electron chi connectivity index (χ2n) is 21.6. The minimum Gasteiger partial charge on any atom is -0.344 e. The first-order valence-corrected chi connectivity index (χ1v) is 28.3. The van der Waals surface area contributed by atoms with E-state index in [1.807, 2.05) is 111 Å². The molecule has 0 radical (unpaired) electrons. The van der Waals surface area contributed by atoms with E-state index in [0.717, 1.165) is 112 Å². The van der Waals surface area contributed by atoms with Gasteiger partial charge in [0.25, 0.3) is 11.8 Å². The number of nitrogens with one attached hydrogen (secondary N) is 3. The van der Waals surface area contributed by atoms with Gasteiger partial charge in [-0.25, -0.2) is 0 Å². The largest absolute Gasteiger partial charge is 0.344 e. The van der Waals surface area contributed by atoms with Crippen LogP contribution in [0, 0.1) is 11.8 Å². The van der Waals surface area contributed by atoms with Gasteiger partial charge < -0.3 is 35.6 Å². The quantitative estimate of drug-likeness (QED) is 0.0715. The average Bonchev–Trinajstić information content (AvgIpc) is 4.14. The number of hydrogen-bond donors (Lipinski definition) is 3. The molecular weight excluding hydrogens is 939 g/mol. The van der Waals surface area contributed by atoms with E-state index in [-0.39, 0.29) is 65.9 Å². The summed E-state index contributed by atoms with van der Waals surface area (Å²) in [4.78, 5) is 91.5. The molecule has 0 aromatic heterocycles. The Balaban J connectivity index is 0.965. The summed E-state index contributed by atoms with van der Waals surface area (Å²) >= 11 is 0. The van der Waals surface area contributed by atoms with Gasteiger partial charge in [0, 0.05) is 68.9 Å². The van der Waals surface area contributed by atoms with Gasteiger partial charge in [0.2, 0.25) is 23.6 Å². The second-order valence-corrected chi connectivity index (χ2v) is 21.6. The first-order chi connectivity index (χ1) is 36.6. The molecule has 6 amide bonds. The smallest absolute Gasteiger partial charge is 0.253 e. The average molecular weight is 1020 g/mol. The highest BCUT2D eigenvalue weighted by Gasteiger charge is 2.41. The highest BCUT2D eigenvalue weighted by atomic mass is 16.2. The molecule has 8 rings (SSSR count). The molecule has 2 saturated carbocycles. The minimum absolute atomic E-state index is 0.0162. The number of hydrogen-bond acceptors (Lipinski definition) is 7. The first kappa shape index (κ1) is 54.9. The molecule has 4 aromatic carbocycles.